The molecule has 0 atom stereocenters. The molecule has 0 heterocycles. The van der Waals surface area contributed by atoms with Gasteiger partial charge in [0.25, 0.3) is 0 Å². The van der Waals surface area contributed by atoms with Gasteiger partial charge in [-0.3, -0.25) is 4.79 Å². The van der Waals surface area contributed by atoms with Gasteiger partial charge in [-0.05, 0) is 17.7 Å². The zero-order valence-corrected chi connectivity index (χ0v) is 11.9. The molecular weight excluding hydrogens is 266 g/mol. The highest BCUT2D eigenvalue weighted by molar-refractivity contribution is 6.18. The molecule has 0 saturated heterocycles. The molecule has 1 amide bonds. The van der Waals surface area contributed by atoms with Gasteiger partial charge in [-0.15, -0.1) is 11.6 Å². The number of hydrogen-bond acceptors (Lipinski definition) is 3. The van der Waals surface area contributed by atoms with E-state index in [1.54, 1.807) is 32.4 Å². The lowest BCUT2D eigenvalue weighted by atomic mass is 10.1. The Hall–Kier alpha value is -1.68. The molecule has 0 bridgehead atoms. The van der Waals surface area contributed by atoms with Crippen molar-refractivity contribution in [2.45, 2.75) is 6.42 Å². The molecule has 1 aromatic carbocycles. The average molecular weight is 284 g/mol. The number of alkyl halides is 1. The molecular formula is C14H18ClNO3. The third-order valence-electron chi connectivity index (χ3n) is 2.49. The van der Waals surface area contributed by atoms with Crippen molar-refractivity contribution in [2.24, 2.45) is 0 Å². The van der Waals surface area contributed by atoms with Gasteiger partial charge in [0.15, 0.2) is 11.5 Å². The Morgan fingerprint density at radius 2 is 2.00 bits per heavy atom. The summed E-state index contributed by atoms with van der Waals surface area (Å²) >= 11 is 5.48. The van der Waals surface area contributed by atoms with Crippen molar-refractivity contribution < 1.29 is 14.3 Å². The third kappa shape index (κ3) is 5.22. The number of allylic oxidation sites excluding steroid dienone is 1. The molecule has 5 heteroatoms. The first kappa shape index (κ1) is 15.4. The second-order valence-corrected chi connectivity index (χ2v) is 4.10. The minimum atomic E-state index is -0.0496. The lowest BCUT2D eigenvalue weighted by Crippen LogP contribution is -2.25. The van der Waals surface area contributed by atoms with E-state index in [1.165, 1.54) is 0 Å². The first-order chi connectivity index (χ1) is 9.21. The summed E-state index contributed by atoms with van der Waals surface area (Å²) in [5.74, 6) is 1.67. The maximum absolute atomic E-state index is 11.7. The van der Waals surface area contributed by atoms with Crippen molar-refractivity contribution in [3.63, 3.8) is 0 Å². The van der Waals surface area contributed by atoms with E-state index in [1.807, 2.05) is 12.1 Å². The number of rotatable bonds is 7. The summed E-state index contributed by atoms with van der Waals surface area (Å²) in [6.07, 6.45) is 3.91. The fraction of sp³-hybridized carbons (Fsp3) is 0.357. The number of carbonyl (C=O) groups excluding carboxylic acids is 1. The molecule has 1 rings (SSSR count). The van der Waals surface area contributed by atoms with Gasteiger partial charge >= 0.3 is 0 Å². The molecule has 104 valence electrons. The van der Waals surface area contributed by atoms with Crippen LogP contribution in [0.3, 0.4) is 0 Å². The fourth-order valence-electron chi connectivity index (χ4n) is 1.56. The molecule has 0 aromatic heterocycles. The number of halogens is 1. The smallest absolute Gasteiger partial charge is 0.224 e. The molecule has 0 saturated carbocycles. The van der Waals surface area contributed by atoms with Crippen LogP contribution in [0.1, 0.15) is 5.56 Å². The molecule has 1 N–H and O–H groups in total. The first-order valence-corrected chi connectivity index (χ1v) is 6.43. The van der Waals surface area contributed by atoms with Gasteiger partial charge in [-0.1, -0.05) is 18.2 Å². The molecule has 0 aliphatic heterocycles. The number of hydrogen-bond donors (Lipinski definition) is 1. The average Bonchev–Trinajstić information content (AvgIpc) is 2.43. The highest BCUT2D eigenvalue weighted by atomic mass is 35.5. The van der Waals surface area contributed by atoms with Crippen LogP contribution in [0.5, 0.6) is 11.5 Å². The Morgan fingerprint density at radius 3 is 2.63 bits per heavy atom. The quantitative estimate of drug-likeness (QED) is 0.616. The Labute approximate surface area is 118 Å². The van der Waals surface area contributed by atoms with Gasteiger partial charge in [-0.25, -0.2) is 0 Å². The van der Waals surface area contributed by atoms with E-state index in [4.69, 9.17) is 21.1 Å². The molecule has 0 unspecified atom stereocenters. The summed E-state index contributed by atoms with van der Waals surface area (Å²) < 4.78 is 10.3. The van der Waals surface area contributed by atoms with Crippen molar-refractivity contribution >= 4 is 17.5 Å². The van der Waals surface area contributed by atoms with Crippen LogP contribution >= 0.6 is 11.6 Å². The van der Waals surface area contributed by atoms with Crippen LogP contribution in [-0.4, -0.2) is 32.6 Å². The number of amides is 1. The maximum atomic E-state index is 11.7. The fourth-order valence-corrected chi connectivity index (χ4v) is 1.68. The molecule has 0 aliphatic carbocycles. The summed E-state index contributed by atoms with van der Waals surface area (Å²) in [7, 11) is 3.14. The zero-order chi connectivity index (χ0) is 14.1. The maximum Gasteiger partial charge on any atom is 0.224 e. The first-order valence-electron chi connectivity index (χ1n) is 5.89. The van der Waals surface area contributed by atoms with Crippen LogP contribution < -0.4 is 14.8 Å². The zero-order valence-electron chi connectivity index (χ0n) is 11.1. The molecule has 1 aromatic rings. The van der Waals surface area contributed by atoms with Gasteiger partial charge in [-0.2, -0.15) is 0 Å². The standard InChI is InChI=1S/C14H18ClNO3/c1-18-12-6-5-11(9-13(12)19-2)10-14(17)16-8-4-3-7-15/h3-6,9H,7-8,10H2,1-2H3,(H,16,17)/b4-3+. The largest absolute Gasteiger partial charge is 0.493 e. The van der Waals surface area contributed by atoms with Crippen LogP contribution in [0.4, 0.5) is 0 Å². The van der Waals surface area contributed by atoms with E-state index in [0.717, 1.165) is 5.56 Å². The second kappa shape index (κ2) is 8.43. The van der Waals surface area contributed by atoms with Gasteiger partial charge in [0, 0.05) is 12.4 Å². The van der Waals surface area contributed by atoms with Crippen molar-refractivity contribution in [3.8, 4) is 11.5 Å². The van der Waals surface area contributed by atoms with E-state index in [-0.39, 0.29) is 5.91 Å². The predicted molar refractivity (Wildman–Crippen MR) is 76.1 cm³/mol. The van der Waals surface area contributed by atoms with Crippen LogP contribution in [0.15, 0.2) is 30.4 Å². The Bertz CT molecular complexity index is 446. The number of benzene rings is 1. The molecule has 0 radical (unpaired) electrons. The van der Waals surface area contributed by atoms with Crippen LogP contribution in [0, 0.1) is 0 Å². The molecule has 19 heavy (non-hydrogen) atoms. The molecule has 4 nitrogen and oxygen atoms in total. The normalized spacial score (nSPS) is 10.5. The summed E-state index contributed by atoms with van der Waals surface area (Å²) in [4.78, 5) is 11.7. The number of carbonyl (C=O) groups is 1. The van der Waals surface area contributed by atoms with Crippen LogP contribution in [0.2, 0.25) is 0 Å². The van der Waals surface area contributed by atoms with Crippen molar-refractivity contribution in [2.75, 3.05) is 26.6 Å². The lowest BCUT2D eigenvalue weighted by Gasteiger charge is -2.09. The highest BCUT2D eigenvalue weighted by Gasteiger charge is 2.07. The molecule has 0 aliphatic rings. The number of nitrogens with one attached hydrogen (secondary N) is 1. The van der Waals surface area contributed by atoms with E-state index < -0.39 is 0 Å². The number of methoxy groups -OCH3 is 2. The summed E-state index contributed by atoms with van der Waals surface area (Å²) in [6.45, 7) is 0.485. The third-order valence-corrected chi connectivity index (χ3v) is 2.66. The van der Waals surface area contributed by atoms with Gasteiger partial charge < -0.3 is 14.8 Å². The SMILES string of the molecule is COc1ccc(CC(=O)NC/C=C/CCl)cc1OC. The predicted octanol–water partition coefficient (Wildman–Crippen LogP) is 2.16. The van der Waals surface area contributed by atoms with Gasteiger partial charge in [0.1, 0.15) is 0 Å². The monoisotopic (exact) mass is 283 g/mol. The minimum Gasteiger partial charge on any atom is -0.493 e. The van der Waals surface area contributed by atoms with Crippen molar-refractivity contribution in [1.82, 2.24) is 5.32 Å². The van der Waals surface area contributed by atoms with Crippen molar-refractivity contribution in [3.05, 3.63) is 35.9 Å². The number of ether oxygens (including phenoxy) is 2. The Morgan fingerprint density at radius 1 is 1.26 bits per heavy atom. The van der Waals surface area contributed by atoms with Crippen LogP contribution in [-0.2, 0) is 11.2 Å². The van der Waals surface area contributed by atoms with E-state index in [2.05, 4.69) is 5.32 Å². The van der Waals surface area contributed by atoms with Gasteiger partial charge in [0.05, 0.1) is 20.6 Å². The van der Waals surface area contributed by atoms with E-state index >= 15 is 0 Å². The van der Waals surface area contributed by atoms with Gasteiger partial charge in [0.2, 0.25) is 5.91 Å². The van der Waals surface area contributed by atoms with Crippen LogP contribution in [0.25, 0.3) is 0 Å². The van der Waals surface area contributed by atoms with E-state index in [9.17, 15) is 4.79 Å². The molecule has 0 spiro atoms. The van der Waals surface area contributed by atoms with E-state index in [0.29, 0.717) is 30.3 Å². The highest BCUT2D eigenvalue weighted by Crippen LogP contribution is 2.27. The second-order valence-electron chi connectivity index (χ2n) is 3.80. The Kier molecular flexibility index (Phi) is 6.82. The summed E-state index contributed by atoms with van der Waals surface area (Å²) in [5, 5.41) is 2.78. The van der Waals surface area contributed by atoms with Crippen molar-refractivity contribution in [1.29, 1.82) is 0 Å². The lowest BCUT2D eigenvalue weighted by molar-refractivity contribution is -0.120. The summed E-state index contributed by atoms with van der Waals surface area (Å²) in [6, 6.07) is 5.43. The Balaban J connectivity index is 2.57. The molecule has 0 fully saturated rings. The summed E-state index contributed by atoms with van der Waals surface area (Å²) in [5.41, 5.74) is 0.872. The topological polar surface area (TPSA) is 47.6 Å². The minimum absolute atomic E-state index is 0.0496.